The standard InChI is InChI=1S/C15H14ClN3O/c1-10(12-3-2-4-14(17)9-12)18-19-15(20)11-5-7-13(16)8-6-11/h2-9H,17H2,1H3,(H,19,20)/b18-10+. The van der Waals surface area contributed by atoms with Crippen LogP contribution in [0.25, 0.3) is 0 Å². The molecule has 0 saturated carbocycles. The number of benzene rings is 2. The SMILES string of the molecule is C/C(=N\NC(=O)c1ccc(Cl)cc1)c1cccc(N)c1. The van der Waals surface area contributed by atoms with Crippen LogP contribution in [0, 0.1) is 0 Å². The molecule has 0 heterocycles. The third kappa shape index (κ3) is 3.59. The second-order valence-corrected chi connectivity index (χ2v) is 4.71. The topological polar surface area (TPSA) is 67.5 Å². The van der Waals surface area contributed by atoms with Gasteiger partial charge in [0.2, 0.25) is 0 Å². The number of anilines is 1. The van der Waals surface area contributed by atoms with E-state index in [1.54, 1.807) is 43.3 Å². The van der Waals surface area contributed by atoms with E-state index < -0.39 is 0 Å². The Balaban J connectivity index is 2.08. The highest BCUT2D eigenvalue weighted by molar-refractivity contribution is 6.30. The minimum absolute atomic E-state index is 0.287. The number of nitrogens with one attached hydrogen (secondary N) is 1. The summed E-state index contributed by atoms with van der Waals surface area (Å²) in [5, 5.41) is 4.65. The van der Waals surface area contributed by atoms with Gasteiger partial charge in [-0.3, -0.25) is 4.79 Å². The average Bonchev–Trinajstić information content (AvgIpc) is 2.45. The number of hydrogen-bond acceptors (Lipinski definition) is 3. The second-order valence-electron chi connectivity index (χ2n) is 4.27. The Morgan fingerprint density at radius 1 is 1.15 bits per heavy atom. The van der Waals surface area contributed by atoms with Gasteiger partial charge in [-0.15, -0.1) is 0 Å². The summed E-state index contributed by atoms with van der Waals surface area (Å²) < 4.78 is 0. The maximum atomic E-state index is 11.9. The number of nitrogen functional groups attached to an aromatic ring is 1. The first kappa shape index (κ1) is 14.1. The van der Waals surface area contributed by atoms with Gasteiger partial charge in [0.25, 0.3) is 5.91 Å². The van der Waals surface area contributed by atoms with Gasteiger partial charge in [0, 0.05) is 16.3 Å². The summed E-state index contributed by atoms with van der Waals surface area (Å²) in [5.74, 6) is -0.287. The van der Waals surface area contributed by atoms with Crippen molar-refractivity contribution in [3.8, 4) is 0 Å². The number of carbonyl (C=O) groups excluding carboxylic acids is 1. The van der Waals surface area contributed by atoms with E-state index in [1.807, 2.05) is 12.1 Å². The van der Waals surface area contributed by atoms with Crippen molar-refractivity contribution in [3.63, 3.8) is 0 Å². The largest absolute Gasteiger partial charge is 0.399 e. The molecule has 0 radical (unpaired) electrons. The molecule has 1 amide bonds. The fourth-order valence-electron chi connectivity index (χ4n) is 1.63. The predicted molar refractivity (Wildman–Crippen MR) is 82.0 cm³/mol. The zero-order valence-electron chi connectivity index (χ0n) is 10.9. The molecule has 0 fully saturated rings. The molecular formula is C15H14ClN3O. The molecular weight excluding hydrogens is 274 g/mol. The molecule has 0 aliphatic carbocycles. The van der Waals surface area contributed by atoms with Crippen molar-refractivity contribution in [2.24, 2.45) is 5.10 Å². The number of carbonyl (C=O) groups is 1. The molecule has 0 saturated heterocycles. The van der Waals surface area contributed by atoms with Gasteiger partial charge in [-0.25, -0.2) is 5.43 Å². The number of amides is 1. The molecule has 0 unspecified atom stereocenters. The summed E-state index contributed by atoms with van der Waals surface area (Å²) in [5.41, 5.74) is 10.9. The minimum Gasteiger partial charge on any atom is -0.399 e. The van der Waals surface area contributed by atoms with Crippen molar-refractivity contribution in [1.82, 2.24) is 5.43 Å². The van der Waals surface area contributed by atoms with Gasteiger partial charge in [0.15, 0.2) is 0 Å². The molecule has 0 bridgehead atoms. The van der Waals surface area contributed by atoms with E-state index in [0.29, 0.717) is 22.0 Å². The molecule has 0 atom stereocenters. The zero-order chi connectivity index (χ0) is 14.5. The third-order valence-electron chi connectivity index (χ3n) is 2.74. The number of hydrazone groups is 1. The summed E-state index contributed by atoms with van der Waals surface area (Å²) in [6.07, 6.45) is 0. The lowest BCUT2D eigenvalue weighted by Crippen LogP contribution is -2.19. The molecule has 102 valence electrons. The van der Waals surface area contributed by atoms with Crippen molar-refractivity contribution in [2.45, 2.75) is 6.92 Å². The molecule has 20 heavy (non-hydrogen) atoms. The number of rotatable bonds is 3. The molecule has 0 aliphatic rings. The highest BCUT2D eigenvalue weighted by Gasteiger charge is 2.04. The van der Waals surface area contributed by atoms with Crippen molar-refractivity contribution in [1.29, 1.82) is 0 Å². The van der Waals surface area contributed by atoms with Crippen molar-refractivity contribution >= 4 is 28.9 Å². The van der Waals surface area contributed by atoms with E-state index in [4.69, 9.17) is 17.3 Å². The minimum atomic E-state index is -0.287. The lowest BCUT2D eigenvalue weighted by molar-refractivity contribution is 0.0955. The Morgan fingerprint density at radius 3 is 2.50 bits per heavy atom. The number of nitrogens with two attached hydrogens (primary N) is 1. The molecule has 0 aliphatic heterocycles. The van der Waals surface area contributed by atoms with Crippen LogP contribution in [-0.2, 0) is 0 Å². The van der Waals surface area contributed by atoms with Crippen LogP contribution < -0.4 is 11.2 Å². The predicted octanol–water partition coefficient (Wildman–Crippen LogP) is 3.08. The van der Waals surface area contributed by atoms with Gasteiger partial charge in [-0.05, 0) is 48.9 Å². The molecule has 0 spiro atoms. The van der Waals surface area contributed by atoms with Crippen LogP contribution in [0.2, 0.25) is 5.02 Å². The van der Waals surface area contributed by atoms with Gasteiger partial charge in [0.05, 0.1) is 5.71 Å². The van der Waals surface area contributed by atoms with Crippen LogP contribution in [0.15, 0.2) is 53.6 Å². The highest BCUT2D eigenvalue weighted by atomic mass is 35.5. The van der Waals surface area contributed by atoms with Crippen LogP contribution in [0.4, 0.5) is 5.69 Å². The monoisotopic (exact) mass is 287 g/mol. The van der Waals surface area contributed by atoms with Gasteiger partial charge >= 0.3 is 0 Å². The van der Waals surface area contributed by atoms with Crippen molar-refractivity contribution in [3.05, 3.63) is 64.7 Å². The van der Waals surface area contributed by atoms with Crippen molar-refractivity contribution in [2.75, 3.05) is 5.73 Å². The van der Waals surface area contributed by atoms with Gasteiger partial charge in [0.1, 0.15) is 0 Å². The first-order valence-electron chi connectivity index (χ1n) is 6.02. The number of nitrogens with zero attached hydrogens (tertiary/aromatic N) is 1. The Morgan fingerprint density at radius 2 is 1.85 bits per heavy atom. The first-order valence-corrected chi connectivity index (χ1v) is 6.40. The van der Waals surface area contributed by atoms with Gasteiger partial charge in [-0.1, -0.05) is 23.7 Å². The first-order chi connectivity index (χ1) is 9.56. The maximum Gasteiger partial charge on any atom is 0.271 e. The lowest BCUT2D eigenvalue weighted by Gasteiger charge is -2.04. The van der Waals surface area contributed by atoms with Crippen LogP contribution in [-0.4, -0.2) is 11.6 Å². The summed E-state index contributed by atoms with van der Waals surface area (Å²) in [7, 11) is 0. The Bertz CT molecular complexity index is 650. The van der Waals surface area contributed by atoms with Gasteiger partial charge < -0.3 is 5.73 Å². The zero-order valence-corrected chi connectivity index (χ0v) is 11.7. The molecule has 3 N–H and O–H groups in total. The van der Waals surface area contributed by atoms with E-state index in [-0.39, 0.29) is 5.91 Å². The van der Waals surface area contributed by atoms with Crippen LogP contribution in [0.3, 0.4) is 0 Å². The second kappa shape index (κ2) is 6.21. The normalized spacial score (nSPS) is 11.2. The molecule has 2 rings (SSSR count). The summed E-state index contributed by atoms with van der Waals surface area (Å²) in [4.78, 5) is 11.9. The maximum absolute atomic E-state index is 11.9. The average molecular weight is 288 g/mol. The van der Waals surface area contributed by atoms with Crippen LogP contribution >= 0.6 is 11.6 Å². The van der Waals surface area contributed by atoms with Gasteiger partial charge in [-0.2, -0.15) is 5.10 Å². The molecule has 4 nitrogen and oxygen atoms in total. The number of halogens is 1. The molecule has 5 heteroatoms. The van der Waals surface area contributed by atoms with Crippen LogP contribution in [0.5, 0.6) is 0 Å². The van der Waals surface area contributed by atoms with Crippen LogP contribution in [0.1, 0.15) is 22.8 Å². The quantitative estimate of drug-likeness (QED) is 0.517. The fourth-order valence-corrected chi connectivity index (χ4v) is 1.75. The molecule has 0 aromatic heterocycles. The third-order valence-corrected chi connectivity index (χ3v) is 2.99. The Labute approximate surface area is 122 Å². The Kier molecular flexibility index (Phi) is 4.38. The van der Waals surface area contributed by atoms with Crippen molar-refractivity contribution < 1.29 is 4.79 Å². The molecule has 2 aromatic rings. The Hall–Kier alpha value is -2.33. The number of hydrogen-bond donors (Lipinski definition) is 2. The van der Waals surface area contributed by atoms with E-state index in [2.05, 4.69) is 10.5 Å². The highest BCUT2D eigenvalue weighted by Crippen LogP contribution is 2.10. The molecule has 2 aromatic carbocycles. The summed E-state index contributed by atoms with van der Waals surface area (Å²) in [6, 6.07) is 13.9. The summed E-state index contributed by atoms with van der Waals surface area (Å²) >= 11 is 5.77. The smallest absolute Gasteiger partial charge is 0.271 e. The van der Waals surface area contributed by atoms with E-state index in [0.717, 1.165) is 5.56 Å². The summed E-state index contributed by atoms with van der Waals surface area (Å²) in [6.45, 7) is 1.80. The lowest BCUT2D eigenvalue weighted by atomic mass is 10.1. The van der Waals surface area contributed by atoms with E-state index in [1.165, 1.54) is 0 Å². The van der Waals surface area contributed by atoms with E-state index in [9.17, 15) is 4.79 Å². The fraction of sp³-hybridized carbons (Fsp3) is 0.0667. The van der Waals surface area contributed by atoms with E-state index >= 15 is 0 Å².